The highest BCUT2D eigenvalue weighted by atomic mass is 19.1. The van der Waals surface area contributed by atoms with Gasteiger partial charge < -0.3 is 9.67 Å². The van der Waals surface area contributed by atoms with Gasteiger partial charge in [0.25, 0.3) is 5.56 Å². The maximum atomic E-state index is 15.2. The predicted octanol–water partition coefficient (Wildman–Crippen LogP) is 4.41. The highest BCUT2D eigenvalue weighted by Crippen LogP contribution is 2.30. The van der Waals surface area contributed by atoms with Crippen molar-refractivity contribution < 1.29 is 9.50 Å². The molecule has 31 heavy (non-hydrogen) atoms. The van der Waals surface area contributed by atoms with E-state index in [1.807, 2.05) is 45.0 Å². The zero-order valence-electron chi connectivity index (χ0n) is 18.2. The molecule has 0 fully saturated rings. The van der Waals surface area contributed by atoms with Crippen LogP contribution in [0.25, 0.3) is 27.7 Å². The largest absolute Gasteiger partial charge is 0.385 e. The normalized spacial score (nSPS) is 12.6. The van der Waals surface area contributed by atoms with Crippen molar-refractivity contribution in [2.45, 2.75) is 39.7 Å². The van der Waals surface area contributed by atoms with E-state index in [0.29, 0.717) is 28.3 Å². The molecule has 4 rings (SSSR count). The third-order valence-corrected chi connectivity index (χ3v) is 5.47. The Morgan fingerprint density at radius 2 is 1.81 bits per heavy atom. The number of hydrogen-bond donors (Lipinski definition) is 1. The second-order valence-corrected chi connectivity index (χ2v) is 8.19. The number of fused-ring (bicyclic) bond motifs is 1. The van der Waals surface area contributed by atoms with E-state index in [2.05, 4.69) is 10.1 Å². The molecule has 0 radical (unpaired) electrons. The maximum absolute atomic E-state index is 15.2. The second-order valence-electron chi connectivity index (χ2n) is 8.19. The minimum atomic E-state index is -0.781. The summed E-state index contributed by atoms with van der Waals surface area (Å²) in [6.45, 7) is 7.50. The summed E-state index contributed by atoms with van der Waals surface area (Å²) in [5, 5.41) is 15.4. The first-order chi connectivity index (χ1) is 14.7. The van der Waals surface area contributed by atoms with E-state index >= 15 is 4.39 Å². The lowest BCUT2D eigenvalue weighted by molar-refractivity contribution is 0.185. The molecule has 1 atom stereocenters. The second kappa shape index (κ2) is 7.74. The molecule has 0 saturated carbocycles. The van der Waals surface area contributed by atoms with Gasteiger partial charge in [0.1, 0.15) is 17.7 Å². The average molecular weight is 420 g/mol. The summed E-state index contributed by atoms with van der Waals surface area (Å²) in [5.74, 6) is -0.0998. The number of halogens is 1. The molecular weight excluding hydrogens is 395 g/mol. The maximum Gasteiger partial charge on any atom is 0.279 e. The van der Waals surface area contributed by atoms with Crippen LogP contribution in [0.5, 0.6) is 0 Å². The van der Waals surface area contributed by atoms with Crippen molar-refractivity contribution in [3.05, 3.63) is 75.8 Å². The zero-order valence-corrected chi connectivity index (χ0v) is 18.2. The summed E-state index contributed by atoms with van der Waals surface area (Å²) in [4.78, 5) is 17.7. The van der Waals surface area contributed by atoms with Gasteiger partial charge in [-0.05, 0) is 43.5 Å². The number of hydrogen-bond acceptors (Lipinski definition) is 4. The Balaban J connectivity index is 2.02. The van der Waals surface area contributed by atoms with E-state index in [9.17, 15) is 9.90 Å². The zero-order chi connectivity index (χ0) is 22.4. The summed E-state index contributed by atoms with van der Waals surface area (Å²) in [5.41, 5.74) is 2.58. The van der Waals surface area contributed by atoms with Crippen molar-refractivity contribution >= 4 is 10.8 Å². The molecule has 6 nitrogen and oxygen atoms in total. The fraction of sp³-hybridized carbons (Fsp3) is 0.292. The van der Waals surface area contributed by atoms with E-state index < -0.39 is 11.9 Å². The van der Waals surface area contributed by atoms with Crippen LogP contribution in [0.15, 0.2) is 47.4 Å². The number of aryl methyl sites for hydroxylation is 2. The van der Waals surface area contributed by atoms with E-state index in [1.165, 1.54) is 10.7 Å². The first-order valence-electron chi connectivity index (χ1n) is 10.2. The number of aliphatic hydroxyl groups excluding tert-OH is 1. The molecule has 2 aromatic carbocycles. The first kappa shape index (κ1) is 20.9. The minimum Gasteiger partial charge on any atom is -0.385 e. The summed E-state index contributed by atoms with van der Waals surface area (Å²) in [7, 11) is 1.75. The van der Waals surface area contributed by atoms with Crippen molar-refractivity contribution in [1.82, 2.24) is 19.3 Å². The lowest BCUT2D eigenvalue weighted by Crippen LogP contribution is -2.24. The van der Waals surface area contributed by atoms with Crippen LogP contribution in [0.2, 0.25) is 0 Å². The number of nitrogens with zero attached hydrogens (tertiary/aromatic N) is 4. The van der Waals surface area contributed by atoms with Gasteiger partial charge >= 0.3 is 0 Å². The topological polar surface area (TPSA) is 72.9 Å². The van der Waals surface area contributed by atoms with Gasteiger partial charge in [-0.15, -0.1) is 0 Å². The SMILES string of the molecule is Cc1ccccc1-n1nc(C(C)C)c2cc(-c3cn(C)c([C@@H](C)O)n3)c(F)cc2c1=O. The number of aliphatic hydroxyl groups is 1. The number of imidazole rings is 1. The number of para-hydroxylation sites is 1. The van der Waals surface area contributed by atoms with Crippen LogP contribution < -0.4 is 5.56 Å². The van der Waals surface area contributed by atoms with Crippen molar-refractivity contribution in [3.8, 4) is 16.9 Å². The Hall–Kier alpha value is -3.32. The van der Waals surface area contributed by atoms with Gasteiger partial charge in [0.05, 0.1) is 22.5 Å². The third-order valence-electron chi connectivity index (χ3n) is 5.47. The molecule has 4 aromatic rings. The Morgan fingerprint density at radius 1 is 1.10 bits per heavy atom. The average Bonchev–Trinajstić information content (AvgIpc) is 3.10. The lowest BCUT2D eigenvalue weighted by atomic mass is 9.99. The fourth-order valence-electron chi connectivity index (χ4n) is 3.87. The molecule has 0 unspecified atom stereocenters. The van der Waals surface area contributed by atoms with Gasteiger partial charge in [0, 0.05) is 24.2 Å². The van der Waals surface area contributed by atoms with Crippen LogP contribution in [0.3, 0.4) is 0 Å². The molecule has 160 valence electrons. The molecule has 0 aliphatic heterocycles. The Bertz CT molecular complexity index is 1350. The Morgan fingerprint density at radius 3 is 2.42 bits per heavy atom. The van der Waals surface area contributed by atoms with Gasteiger partial charge in [-0.1, -0.05) is 32.0 Å². The van der Waals surface area contributed by atoms with Crippen LogP contribution in [0, 0.1) is 12.7 Å². The van der Waals surface area contributed by atoms with Crippen molar-refractivity contribution in [3.63, 3.8) is 0 Å². The molecule has 1 N–H and O–H groups in total. The Labute approximate surface area is 179 Å². The van der Waals surface area contributed by atoms with Crippen LogP contribution in [0.4, 0.5) is 4.39 Å². The molecule has 0 bridgehead atoms. The van der Waals surface area contributed by atoms with Gasteiger partial charge in [-0.3, -0.25) is 4.79 Å². The van der Waals surface area contributed by atoms with E-state index in [0.717, 1.165) is 5.56 Å². The molecule has 7 heteroatoms. The molecular formula is C24H25FN4O2. The van der Waals surface area contributed by atoms with Crippen molar-refractivity contribution in [1.29, 1.82) is 0 Å². The number of rotatable bonds is 4. The smallest absolute Gasteiger partial charge is 0.279 e. The summed E-state index contributed by atoms with van der Waals surface area (Å²) >= 11 is 0. The first-order valence-corrected chi connectivity index (χ1v) is 10.2. The fourth-order valence-corrected chi connectivity index (χ4v) is 3.87. The van der Waals surface area contributed by atoms with Crippen LogP contribution in [0.1, 0.15) is 49.9 Å². The predicted molar refractivity (Wildman–Crippen MR) is 119 cm³/mol. The number of benzene rings is 2. The summed E-state index contributed by atoms with van der Waals surface area (Å²) < 4.78 is 18.2. The van der Waals surface area contributed by atoms with Gasteiger partial charge in [0.15, 0.2) is 0 Å². The number of aromatic nitrogens is 4. The molecule has 0 spiro atoms. The van der Waals surface area contributed by atoms with Gasteiger partial charge in [0.2, 0.25) is 0 Å². The van der Waals surface area contributed by atoms with E-state index in [-0.39, 0.29) is 22.4 Å². The van der Waals surface area contributed by atoms with Gasteiger partial charge in [-0.25, -0.2) is 9.37 Å². The molecule has 0 amide bonds. The van der Waals surface area contributed by atoms with Crippen LogP contribution in [-0.4, -0.2) is 24.4 Å². The molecule has 2 aromatic heterocycles. The quantitative estimate of drug-likeness (QED) is 0.531. The summed E-state index contributed by atoms with van der Waals surface area (Å²) in [6.07, 6.45) is 0.889. The van der Waals surface area contributed by atoms with Gasteiger partial charge in [-0.2, -0.15) is 9.78 Å². The Kier molecular flexibility index (Phi) is 5.23. The third kappa shape index (κ3) is 3.55. The molecule has 0 aliphatic rings. The highest BCUT2D eigenvalue weighted by molar-refractivity contribution is 5.88. The molecule has 0 aliphatic carbocycles. The molecule has 2 heterocycles. The minimum absolute atomic E-state index is 0.00781. The molecule has 0 saturated heterocycles. The van der Waals surface area contributed by atoms with E-state index in [4.69, 9.17) is 0 Å². The van der Waals surface area contributed by atoms with Crippen molar-refractivity contribution in [2.75, 3.05) is 0 Å². The van der Waals surface area contributed by atoms with Crippen molar-refractivity contribution in [2.24, 2.45) is 7.05 Å². The monoisotopic (exact) mass is 420 g/mol. The van der Waals surface area contributed by atoms with Crippen LogP contribution >= 0.6 is 0 Å². The van der Waals surface area contributed by atoms with Crippen LogP contribution in [-0.2, 0) is 7.05 Å². The van der Waals surface area contributed by atoms with E-state index in [1.54, 1.807) is 30.8 Å². The lowest BCUT2D eigenvalue weighted by Gasteiger charge is -2.15. The summed E-state index contributed by atoms with van der Waals surface area (Å²) in [6, 6.07) is 10.4. The highest BCUT2D eigenvalue weighted by Gasteiger charge is 2.20. The standard InChI is InChI=1S/C24H25FN4O2/c1-13(2)22-16-10-18(20-12-28(5)23(26-20)15(4)30)19(25)11-17(16)24(31)29(27-22)21-9-7-6-8-14(21)3/h6-13,15,30H,1-5H3/t15-/m1/s1.